The molecule has 208 valence electrons. The minimum absolute atomic E-state index is 0.0579. The number of rotatable bonds is 4. The summed E-state index contributed by atoms with van der Waals surface area (Å²) in [5, 5.41) is 6.09. The summed E-state index contributed by atoms with van der Waals surface area (Å²) in [6.07, 6.45) is 1.46. The Balaban J connectivity index is 1.67. The second-order valence-corrected chi connectivity index (χ2v) is 12.5. The standard InChI is InChI=1S/C30H24Cl2N4O4S/c1-16-5-7-17(8-6-16)28-34-29-27(30(38)35-28)25(21-14-9-18(31)15-22(21)32)26-23(3-2-4-24(26)37)36(29)19-10-12-20(13-11-19)41(33,39)40/h5-15,25H,2-4H2,1H3,(H2,33,39,40)(H,34,35,38). The number of benzene rings is 3. The topological polar surface area (TPSA) is 126 Å². The molecule has 2 aliphatic rings. The third kappa shape index (κ3) is 4.89. The fourth-order valence-electron chi connectivity index (χ4n) is 5.54. The van der Waals surface area contributed by atoms with Crippen LogP contribution in [0.15, 0.2) is 87.7 Å². The lowest BCUT2D eigenvalue weighted by molar-refractivity contribution is -0.116. The van der Waals surface area contributed by atoms with Crippen LogP contribution in [0.4, 0.5) is 11.5 Å². The summed E-state index contributed by atoms with van der Waals surface area (Å²) in [5.74, 6) is -0.189. The first kappa shape index (κ1) is 27.4. The van der Waals surface area contributed by atoms with Gasteiger partial charge in [0.1, 0.15) is 11.6 Å². The molecule has 0 radical (unpaired) electrons. The van der Waals surface area contributed by atoms with Crippen molar-refractivity contribution < 1.29 is 13.2 Å². The van der Waals surface area contributed by atoms with Gasteiger partial charge in [-0.25, -0.2) is 18.5 Å². The molecule has 0 fully saturated rings. The number of aromatic nitrogens is 2. The molecule has 0 amide bonds. The Morgan fingerprint density at radius 1 is 0.976 bits per heavy atom. The van der Waals surface area contributed by atoms with Crippen LogP contribution in [-0.2, 0) is 14.8 Å². The van der Waals surface area contributed by atoms with Crippen molar-refractivity contribution in [2.45, 2.75) is 37.0 Å². The molecular formula is C30H24Cl2N4O4S. The van der Waals surface area contributed by atoms with Crippen molar-refractivity contribution in [1.82, 2.24) is 9.97 Å². The maximum Gasteiger partial charge on any atom is 0.257 e. The van der Waals surface area contributed by atoms with Gasteiger partial charge in [0.15, 0.2) is 5.78 Å². The van der Waals surface area contributed by atoms with Crippen molar-refractivity contribution in [3.05, 3.63) is 115 Å². The van der Waals surface area contributed by atoms with Gasteiger partial charge >= 0.3 is 0 Å². The molecule has 2 heterocycles. The lowest BCUT2D eigenvalue weighted by Crippen LogP contribution is -2.37. The highest BCUT2D eigenvalue weighted by atomic mass is 35.5. The predicted octanol–water partition coefficient (Wildman–Crippen LogP) is 5.99. The lowest BCUT2D eigenvalue weighted by atomic mass is 9.75. The number of aryl methyl sites for hydroxylation is 1. The van der Waals surface area contributed by atoms with E-state index < -0.39 is 21.5 Å². The first-order chi connectivity index (χ1) is 19.5. The van der Waals surface area contributed by atoms with Gasteiger partial charge in [0, 0.05) is 44.9 Å². The maximum atomic E-state index is 14.0. The van der Waals surface area contributed by atoms with Gasteiger partial charge in [-0.1, -0.05) is 59.1 Å². The molecule has 0 bridgehead atoms. The average molecular weight is 608 g/mol. The van der Waals surface area contributed by atoms with E-state index in [1.807, 2.05) is 31.2 Å². The largest absolute Gasteiger partial charge is 0.306 e. The van der Waals surface area contributed by atoms with Crippen LogP contribution in [0.1, 0.15) is 41.9 Å². The molecule has 3 N–H and O–H groups in total. The number of aromatic amines is 1. The lowest BCUT2D eigenvalue weighted by Gasteiger charge is -2.40. The van der Waals surface area contributed by atoms with Crippen molar-refractivity contribution >= 4 is 50.5 Å². The van der Waals surface area contributed by atoms with E-state index in [0.717, 1.165) is 5.56 Å². The summed E-state index contributed by atoms with van der Waals surface area (Å²) in [5.41, 5.74) is 3.85. The molecular weight excluding hydrogens is 583 g/mol. The Hall–Kier alpha value is -3.76. The number of nitrogens with one attached hydrogen (secondary N) is 1. The maximum absolute atomic E-state index is 14.0. The van der Waals surface area contributed by atoms with Gasteiger partial charge in [-0.15, -0.1) is 0 Å². The van der Waals surface area contributed by atoms with Gasteiger partial charge in [0.05, 0.1) is 10.5 Å². The van der Waals surface area contributed by atoms with Crippen molar-refractivity contribution in [2.24, 2.45) is 5.14 Å². The van der Waals surface area contributed by atoms with Gasteiger partial charge in [0.25, 0.3) is 5.56 Å². The molecule has 41 heavy (non-hydrogen) atoms. The molecule has 1 atom stereocenters. The monoisotopic (exact) mass is 606 g/mol. The van der Waals surface area contributed by atoms with E-state index in [0.29, 0.717) is 69.0 Å². The SMILES string of the molecule is Cc1ccc(-c2nc3c(c(=O)[nH]2)C(c2ccc(Cl)cc2Cl)C2=C(CCCC2=O)N3c2ccc(S(N)(=O)=O)cc2)cc1. The first-order valence-corrected chi connectivity index (χ1v) is 15.2. The number of H-pyrrole nitrogens is 1. The van der Waals surface area contributed by atoms with Crippen molar-refractivity contribution in [3.8, 4) is 11.4 Å². The van der Waals surface area contributed by atoms with Crippen LogP contribution in [-0.4, -0.2) is 24.2 Å². The number of nitrogens with two attached hydrogens (primary N) is 1. The number of carbonyl (C=O) groups is 1. The molecule has 1 aliphatic heterocycles. The molecule has 11 heteroatoms. The van der Waals surface area contributed by atoms with Gasteiger partial charge < -0.3 is 4.98 Å². The van der Waals surface area contributed by atoms with Crippen LogP contribution in [0.3, 0.4) is 0 Å². The number of primary sulfonamides is 1. The molecule has 1 aromatic heterocycles. The third-order valence-electron chi connectivity index (χ3n) is 7.44. The van der Waals surface area contributed by atoms with E-state index in [-0.39, 0.29) is 16.2 Å². The van der Waals surface area contributed by atoms with Crippen LogP contribution >= 0.6 is 23.2 Å². The highest BCUT2D eigenvalue weighted by Gasteiger charge is 2.42. The summed E-state index contributed by atoms with van der Waals surface area (Å²) in [7, 11) is -3.93. The second-order valence-electron chi connectivity index (χ2n) is 10.1. The number of ketones is 1. The minimum atomic E-state index is -3.93. The molecule has 0 saturated heterocycles. The normalized spacial score (nSPS) is 16.9. The predicted molar refractivity (Wildman–Crippen MR) is 159 cm³/mol. The molecule has 1 unspecified atom stereocenters. The van der Waals surface area contributed by atoms with Gasteiger partial charge in [-0.3, -0.25) is 14.5 Å². The van der Waals surface area contributed by atoms with E-state index in [9.17, 15) is 18.0 Å². The van der Waals surface area contributed by atoms with Gasteiger partial charge in [-0.05, 0) is 61.7 Å². The number of sulfonamides is 1. The van der Waals surface area contributed by atoms with E-state index in [1.165, 1.54) is 12.1 Å². The highest BCUT2D eigenvalue weighted by molar-refractivity contribution is 7.89. The molecule has 8 nitrogen and oxygen atoms in total. The Morgan fingerprint density at radius 3 is 2.34 bits per heavy atom. The zero-order valence-corrected chi connectivity index (χ0v) is 24.1. The number of hydrogen-bond acceptors (Lipinski definition) is 6. The summed E-state index contributed by atoms with van der Waals surface area (Å²) in [6.45, 7) is 1.97. The van der Waals surface area contributed by atoms with E-state index >= 15 is 0 Å². The van der Waals surface area contributed by atoms with Crippen LogP contribution in [0, 0.1) is 6.92 Å². The molecule has 0 saturated carbocycles. The van der Waals surface area contributed by atoms with Crippen LogP contribution < -0.4 is 15.6 Å². The Morgan fingerprint density at radius 2 is 1.68 bits per heavy atom. The number of carbonyl (C=O) groups excluding carboxylic acids is 1. The Labute approximate surface area is 246 Å². The molecule has 1 aliphatic carbocycles. The van der Waals surface area contributed by atoms with E-state index in [1.54, 1.807) is 35.2 Å². The highest BCUT2D eigenvalue weighted by Crippen LogP contribution is 2.50. The zero-order chi connectivity index (χ0) is 29.1. The first-order valence-electron chi connectivity index (χ1n) is 12.9. The third-order valence-corrected chi connectivity index (χ3v) is 8.94. The summed E-state index contributed by atoms with van der Waals surface area (Å²) < 4.78 is 23.9. The van der Waals surface area contributed by atoms with Crippen LogP contribution in [0.5, 0.6) is 0 Å². The molecule has 6 rings (SSSR count). The second kappa shape index (κ2) is 10.3. The Bertz CT molecular complexity index is 1920. The Kier molecular flexibility index (Phi) is 6.86. The van der Waals surface area contributed by atoms with E-state index in [4.69, 9.17) is 33.3 Å². The van der Waals surface area contributed by atoms with Crippen molar-refractivity contribution in [2.75, 3.05) is 4.90 Å². The van der Waals surface area contributed by atoms with Crippen LogP contribution in [0.25, 0.3) is 11.4 Å². The van der Waals surface area contributed by atoms with Crippen molar-refractivity contribution in [3.63, 3.8) is 0 Å². The number of anilines is 2. The summed E-state index contributed by atoms with van der Waals surface area (Å²) in [4.78, 5) is 37.2. The summed E-state index contributed by atoms with van der Waals surface area (Å²) >= 11 is 12.9. The molecule has 4 aromatic rings. The number of fused-ring (bicyclic) bond motifs is 1. The van der Waals surface area contributed by atoms with Crippen LogP contribution in [0.2, 0.25) is 10.0 Å². The van der Waals surface area contributed by atoms with Gasteiger partial charge in [-0.2, -0.15) is 0 Å². The van der Waals surface area contributed by atoms with Crippen molar-refractivity contribution in [1.29, 1.82) is 0 Å². The number of allylic oxidation sites excluding steroid dienone is 2. The van der Waals surface area contributed by atoms with E-state index in [2.05, 4.69) is 4.98 Å². The minimum Gasteiger partial charge on any atom is -0.306 e. The molecule has 3 aromatic carbocycles. The summed E-state index contributed by atoms with van der Waals surface area (Å²) in [6, 6.07) is 18.6. The quantitative estimate of drug-likeness (QED) is 0.294. The number of halogens is 2. The molecule has 0 spiro atoms. The number of hydrogen-bond donors (Lipinski definition) is 2. The number of nitrogens with zero attached hydrogens (tertiary/aromatic N) is 2. The zero-order valence-electron chi connectivity index (χ0n) is 21.8. The number of Topliss-reactive ketones (excluding diaryl/α,β-unsaturated/α-hetero) is 1. The smallest absolute Gasteiger partial charge is 0.257 e. The van der Waals surface area contributed by atoms with Gasteiger partial charge in [0.2, 0.25) is 10.0 Å². The fourth-order valence-corrected chi connectivity index (χ4v) is 6.57. The average Bonchev–Trinajstić information content (AvgIpc) is 2.92. The fraction of sp³-hybridized carbons (Fsp3) is 0.167.